The number of rotatable bonds is 1. The summed E-state index contributed by atoms with van der Waals surface area (Å²) in [6, 6.07) is 6.76. The number of thiophene rings is 1. The minimum atomic E-state index is -0.0762. The molecule has 0 atom stereocenters. The van der Waals surface area contributed by atoms with E-state index in [4.69, 9.17) is 0 Å². The molecule has 1 aliphatic carbocycles. The Morgan fingerprint density at radius 2 is 2.20 bits per heavy atom. The van der Waals surface area contributed by atoms with Crippen LogP contribution < -0.4 is 5.56 Å². The van der Waals surface area contributed by atoms with Crippen molar-refractivity contribution < 1.29 is 5.11 Å². The van der Waals surface area contributed by atoms with Crippen LogP contribution in [-0.2, 0) is 12.8 Å². The molecule has 2 aromatic heterocycles. The number of hydrogen-bond acceptors (Lipinski definition) is 4. The number of nitrogens with one attached hydrogen (secondary N) is 1. The predicted octanol–water partition coefficient (Wildman–Crippen LogP) is 2.85. The van der Waals surface area contributed by atoms with Gasteiger partial charge in [0.1, 0.15) is 16.4 Å². The molecular formula is C15H12N2O2S. The third-order valence-corrected chi connectivity index (χ3v) is 4.88. The van der Waals surface area contributed by atoms with Gasteiger partial charge in [-0.25, -0.2) is 4.98 Å². The van der Waals surface area contributed by atoms with Crippen molar-refractivity contribution in [2.45, 2.75) is 19.3 Å². The van der Waals surface area contributed by atoms with Crippen molar-refractivity contribution in [3.8, 4) is 17.1 Å². The van der Waals surface area contributed by atoms with Crippen molar-refractivity contribution in [2.75, 3.05) is 0 Å². The first-order valence-electron chi connectivity index (χ1n) is 6.56. The smallest absolute Gasteiger partial charge is 0.260 e. The van der Waals surface area contributed by atoms with E-state index >= 15 is 0 Å². The molecule has 1 aliphatic rings. The summed E-state index contributed by atoms with van der Waals surface area (Å²) in [6.45, 7) is 0. The van der Waals surface area contributed by atoms with Gasteiger partial charge in [0.05, 0.1) is 5.39 Å². The number of nitrogens with zero attached hydrogens (tertiary/aromatic N) is 1. The second-order valence-electron chi connectivity index (χ2n) is 5.00. The second kappa shape index (κ2) is 4.18. The zero-order valence-corrected chi connectivity index (χ0v) is 11.5. The van der Waals surface area contributed by atoms with Gasteiger partial charge in [-0.15, -0.1) is 11.3 Å². The molecule has 2 heterocycles. The monoisotopic (exact) mass is 284 g/mol. The van der Waals surface area contributed by atoms with Gasteiger partial charge in [0.2, 0.25) is 0 Å². The van der Waals surface area contributed by atoms with Gasteiger partial charge < -0.3 is 10.1 Å². The Kier molecular flexibility index (Phi) is 2.44. The van der Waals surface area contributed by atoms with Gasteiger partial charge in [-0.1, -0.05) is 12.1 Å². The topological polar surface area (TPSA) is 66.0 Å². The third kappa shape index (κ3) is 1.67. The molecule has 3 aromatic rings. The molecule has 0 fully saturated rings. The van der Waals surface area contributed by atoms with Crippen molar-refractivity contribution in [2.24, 2.45) is 0 Å². The highest BCUT2D eigenvalue weighted by Gasteiger charge is 2.21. The van der Waals surface area contributed by atoms with Gasteiger partial charge in [-0.2, -0.15) is 0 Å². The molecule has 0 saturated carbocycles. The first-order chi connectivity index (χ1) is 9.72. The molecular weight excluding hydrogens is 272 g/mol. The molecule has 0 saturated heterocycles. The number of H-pyrrole nitrogens is 1. The Labute approximate surface area is 118 Å². The van der Waals surface area contributed by atoms with E-state index in [-0.39, 0.29) is 11.3 Å². The normalized spacial score (nSPS) is 13.8. The van der Waals surface area contributed by atoms with Crippen LogP contribution in [0.3, 0.4) is 0 Å². The van der Waals surface area contributed by atoms with Gasteiger partial charge in [0, 0.05) is 10.4 Å². The van der Waals surface area contributed by atoms with E-state index in [0.717, 1.165) is 35.0 Å². The maximum absolute atomic E-state index is 12.3. The predicted molar refractivity (Wildman–Crippen MR) is 79.4 cm³/mol. The van der Waals surface area contributed by atoms with Crippen LogP contribution in [0.1, 0.15) is 16.9 Å². The summed E-state index contributed by atoms with van der Waals surface area (Å²) in [4.78, 5) is 21.8. The maximum Gasteiger partial charge on any atom is 0.260 e. The van der Waals surface area contributed by atoms with Gasteiger partial charge >= 0.3 is 0 Å². The molecule has 0 spiro atoms. The molecule has 2 N–H and O–H groups in total. The summed E-state index contributed by atoms with van der Waals surface area (Å²) in [5.41, 5.74) is 1.83. The van der Waals surface area contributed by atoms with E-state index in [1.807, 2.05) is 6.07 Å². The Bertz CT molecular complexity index is 879. The zero-order chi connectivity index (χ0) is 13.7. The standard InChI is InChI=1S/C15H12N2O2S/c18-9-4-1-3-8(7-9)13-16-14(19)12-10-5-2-6-11(10)20-15(12)17-13/h1,3-4,7,18H,2,5-6H2,(H,16,17,19). The van der Waals surface area contributed by atoms with Crippen molar-refractivity contribution in [3.05, 3.63) is 45.1 Å². The molecule has 1 aromatic carbocycles. The highest BCUT2D eigenvalue weighted by atomic mass is 32.1. The fourth-order valence-corrected chi connectivity index (χ4v) is 4.05. The number of aromatic amines is 1. The van der Waals surface area contributed by atoms with Crippen LogP contribution in [0.25, 0.3) is 21.6 Å². The highest BCUT2D eigenvalue weighted by molar-refractivity contribution is 7.18. The van der Waals surface area contributed by atoms with Gasteiger partial charge in [0.25, 0.3) is 5.56 Å². The van der Waals surface area contributed by atoms with E-state index in [0.29, 0.717) is 5.82 Å². The van der Waals surface area contributed by atoms with Gasteiger partial charge in [-0.3, -0.25) is 4.79 Å². The van der Waals surface area contributed by atoms with Crippen LogP contribution in [0.5, 0.6) is 5.75 Å². The molecule has 5 heteroatoms. The van der Waals surface area contributed by atoms with Crippen molar-refractivity contribution in [3.63, 3.8) is 0 Å². The molecule has 0 aliphatic heterocycles. The van der Waals surface area contributed by atoms with E-state index in [1.54, 1.807) is 29.5 Å². The fraction of sp³-hybridized carbons (Fsp3) is 0.200. The molecule has 20 heavy (non-hydrogen) atoms. The summed E-state index contributed by atoms with van der Waals surface area (Å²) < 4.78 is 0. The highest BCUT2D eigenvalue weighted by Crippen LogP contribution is 2.35. The molecule has 0 unspecified atom stereocenters. The Morgan fingerprint density at radius 3 is 3.05 bits per heavy atom. The summed E-state index contributed by atoms with van der Waals surface area (Å²) in [7, 11) is 0. The van der Waals surface area contributed by atoms with E-state index in [2.05, 4.69) is 9.97 Å². The van der Waals surface area contributed by atoms with Crippen molar-refractivity contribution >= 4 is 21.6 Å². The van der Waals surface area contributed by atoms with Crippen LogP contribution in [0.2, 0.25) is 0 Å². The Hall–Kier alpha value is -2.14. The van der Waals surface area contributed by atoms with Gasteiger partial charge in [-0.05, 0) is 37.0 Å². The minimum Gasteiger partial charge on any atom is -0.508 e. The number of aromatic nitrogens is 2. The van der Waals surface area contributed by atoms with E-state index < -0.39 is 0 Å². The number of aromatic hydroxyl groups is 1. The molecule has 100 valence electrons. The van der Waals surface area contributed by atoms with Crippen LogP contribution in [0.15, 0.2) is 29.1 Å². The van der Waals surface area contributed by atoms with Crippen molar-refractivity contribution in [1.82, 2.24) is 9.97 Å². The first kappa shape index (κ1) is 11.7. The summed E-state index contributed by atoms with van der Waals surface area (Å²) >= 11 is 1.62. The van der Waals surface area contributed by atoms with E-state index in [1.165, 1.54) is 10.4 Å². The zero-order valence-electron chi connectivity index (χ0n) is 10.6. The number of phenolic OH excluding ortho intramolecular Hbond substituents is 1. The Balaban J connectivity index is 1.97. The lowest BCUT2D eigenvalue weighted by Gasteiger charge is -2.02. The molecule has 0 radical (unpaired) electrons. The van der Waals surface area contributed by atoms with E-state index in [9.17, 15) is 9.90 Å². The van der Waals surface area contributed by atoms with Crippen LogP contribution in [-0.4, -0.2) is 15.1 Å². The van der Waals surface area contributed by atoms with Crippen LogP contribution >= 0.6 is 11.3 Å². The van der Waals surface area contributed by atoms with Crippen LogP contribution in [0, 0.1) is 0 Å². The summed E-state index contributed by atoms with van der Waals surface area (Å²) in [5, 5.41) is 10.3. The van der Waals surface area contributed by atoms with Crippen molar-refractivity contribution in [1.29, 1.82) is 0 Å². The first-order valence-corrected chi connectivity index (χ1v) is 7.38. The largest absolute Gasteiger partial charge is 0.508 e. The lowest BCUT2D eigenvalue weighted by molar-refractivity contribution is 0.475. The summed E-state index contributed by atoms with van der Waals surface area (Å²) in [6.07, 6.45) is 3.16. The molecule has 0 amide bonds. The Morgan fingerprint density at radius 1 is 1.30 bits per heavy atom. The SMILES string of the molecule is O=c1[nH]c(-c2cccc(O)c2)nc2sc3c(c12)CCC3. The third-order valence-electron chi connectivity index (χ3n) is 3.69. The average Bonchev–Trinajstić information content (AvgIpc) is 2.98. The lowest BCUT2D eigenvalue weighted by Crippen LogP contribution is -2.09. The lowest BCUT2D eigenvalue weighted by atomic mass is 10.2. The molecule has 4 rings (SSSR count). The number of aryl methyl sites for hydroxylation is 2. The fourth-order valence-electron chi connectivity index (χ4n) is 2.79. The second-order valence-corrected chi connectivity index (χ2v) is 6.09. The van der Waals surface area contributed by atoms with Crippen LogP contribution in [0.4, 0.5) is 0 Å². The summed E-state index contributed by atoms with van der Waals surface area (Å²) in [5.74, 6) is 0.678. The number of phenols is 1. The number of fused-ring (bicyclic) bond motifs is 3. The quantitative estimate of drug-likeness (QED) is 0.722. The maximum atomic E-state index is 12.3. The minimum absolute atomic E-state index is 0.0762. The number of benzene rings is 1. The molecule has 0 bridgehead atoms. The molecule has 4 nitrogen and oxygen atoms in total. The number of hydrogen-bond donors (Lipinski definition) is 2. The van der Waals surface area contributed by atoms with Gasteiger partial charge in [0.15, 0.2) is 0 Å². The average molecular weight is 284 g/mol.